The lowest BCUT2D eigenvalue weighted by Crippen LogP contribution is -2.21. The molecule has 0 spiro atoms. The predicted octanol–water partition coefficient (Wildman–Crippen LogP) is 11.2. The summed E-state index contributed by atoms with van der Waals surface area (Å²) in [4.78, 5) is 33.6. The predicted molar refractivity (Wildman–Crippen MR) is 273 cm³/mol. The summed E-state index contributed by atoms with van der Waals surface area (Å²) in [5, 5.41) is 9.56. The number of rotatable bonds is 16. The van der Waals surface area contributed by atoms with E-state index in [4.69, 9.17) is 18.9 Å². The van der Waals surface area contributed by atoms with Crippen LogP contribution >= 0.6 is 0 Å². The Morgan fingerprint density at radius 2 is 0.809 bits per heavy atom. The SMILES string of the molecule is CNC(=O)CC(c1ccc(OC)cc1)c1ccc2cc[nH]c2c1.CNCCC(c1ccc(OC)cc1)c1ccc2cc[nH]c2c1.COC(=O)CC(c1ccc(OC)cc1)c1ccc2cc[nH]c2c1. The zero-order chi connectivity index (χ0) is 47.8. The lowest BCUT2D eigenvalue weighted by Gasteiger charge is -2.18. The van der Waals surface area contributed by atoms with Gasteiger partial charge < -0.3 is 44.5 Å². The number of nitrogens with one attached hydrogen (secondary N) is 5. The fourth-order valence-corrected chi connectivity index (χ4v) is 8.56. The van der Waals surface area contributed by atoms with E-state index in [9.17, 15) is 9.59 Å². The van der Waals surface area contributed by atoms with Crippen molar-refractivity contribution in [2.75, 3.05) is 49.1 Å². The van der Waals surface area contributed by atoms with Crippen LogP contribution in [0.25, 0.3) is 32.7 Å². The summed E-state index contributed by atoms with van der Waals surface area (Å²) in [6.45, 7) is 0.986. The van der Waals surface area contributed by atoms with E-state index in [2.05, 4.69) is 98.4 Å². The Labute approximate surface area is 398 Å². The van der Waals surface area contributed by atoms with Crippen molar-refractivity contribution in [2.24, 2.45) is 0 Å². The van der Waals surface area contributed by atoms with Gasteiger partial charge in [0.25, 0.3) is 0 Å². The molecule has 11 heteroatoms. The van der Waals surface area contributed by atoms with Gasteiger partial charge in [0, 0.05) is 66.4 Å². The Balaban J connectivity index is 0.000000151. The van der Waals surface area contributed by atoms with Crippen LogP contribution in [-0.4, -0.2) is 75.9 Å². The number of methoxy groups -OCH3 is 4. The van der Waals surface area contributed by atoms with E-state index in [1.54, 1.807) is 28.4 Å². The highest BCUT2D eigenvalue weighted by Gasteiger charge is 2.21. The van der Waals surface area contributed by atoms with Crippen molar-refractivity contribution >= 4 is 44.6 Å². The highest BCUT2D eigenvalue weighted by molar-refractivity contribution is 5.83. The minimum atomic E-state index is -0.225. The summed E-state index contributed by atoms with van der Waals surface area (Å²) >= 11 is 0. The summed E-state index contributed by atoms with van der Waals surface area (Å²) < 4.78 is 20.6. The molecule has 0 fully saturated rings. The van der Waals surface area contributed by atoms with Gasteiger partial charge in [-0.1, -0.05) is 72.8 Å². The molecule has 3 heterocycles. The zero-order valence-electron chi connectivity index (χ0n) is 39.6. The van der Waals surface area contributed by atoms with Crippen molar-refractivity contribution in [1.82, 2.24) is 25.6 Å². The number of aromatic nitrogens is 3. The molecular weight excluding hydrogens is 851 g/mol. The van der Waals surface area contributed by atoms with Gasteiger partial charge in [-0.15, -0.1) is 0 Å². The lowest BCUT2D eigenvalue weighted by atomic mass is 9.88. The maximum atomic E-state index is 12.0. The van der Waals surface area contributed by atoms with Gasteiger partial charge in [0.05, 0.1) is 34.9 Å². The Kier molecular flexibility index (Phi) is 16.7. The average Bonchev–Trinajstić information content (AvgIpc) is 4.19. The van der Waals surface area contributed by atoms with Gasteiger partial charge in [-0.25, -0.2) is 0 Å². The molecule has 0 saturated carbocycles. The largest absolute Gasteiger partial charge is 0.497 e. The molecule has 0 radical (unpaired) electrons. The summed E-state index contributed by atoms with van der Waals surface area (Å²) in [5.41, 5.74) is 10.4. The molecule has 0 aliphatic heterocycles. The van der Waals surface area contributed by atoms with E-state index in [1.807, 2.05) is 98.4 Å². The van der Waals surface area contributed by atoms with Crippen LogP contribution in [0.15, 0.2) is 164 Å². The number of ether oxygens (including phenoxy) is 4. The smallest absolute Gasteiger partial charge is 0.306 e. The molecule has 3 atom stereocenters. The maximum Gasteiger partial charge on any atom is 0.306 e. The number of hydrogen-bond acceptors (Lipinski definition) is 7. The first-order chi connectivity index (χ1) is 33.2. The van der Waals surface area contributed by atoms with E-state index >= 15 is 0 Å². The quantitative estimate of drug-likeness (QED) is 0.0608. The van der Waals surface area contributed by atoms with E-state index in [0.29, 0.717) is 18.8 Å². The van der Waals surface area contributed by atoms with Gasteiger partial charge in [-0.3, -0.25) is 9.59 Å². The molecule has 0 bridgehead atoms. The Bertz CT molecular complexity index is 2850. The molecule has 0 saturated heterocycles. The van der Waals surface area contributed by atoms with Gasteiger partial charge in [0.2, 0.25) is 5.91 Å². The summed E-state index contributed by atoms with van der Waals surface area (Å²) in [7, 11) is 10.1. The second-order valence-corrected chi connectivity index (χ2v) is 16.5. The minimum Gasteiger partial charge on any atom is -0.497 e. The number of esters is 1. The third-order valence-electron chi connectivity index (χ3n) is 12.4. The summed E-state index contributed by atoms with van der Waals surface area (Å²) in [6.07, 6.45) is 7.61. The number of amides is 1. The molecule has 9 aromatic rings. The number of hydrogen-bond donors (Lipinski definition) is 5. The Hall–Kier alpha value is -7.76. The van der Waals surface area contributed by atoms with Crippen molar-refractivity contribution in [3.63, 3.8) is 0 Å². The summed E-state index contributed by atoms with van der Waals surface area (Å²) in [5.74, 6) is 2.64. The number of carbonyl (C=O) groups is 2. The Morgan fingerprint density at radius 1 is 0.456 bits per heavy atom. The van der Waals surface area contributed by atoms with Crippen LogP contribution in [0.5, 0.6) is 17.2 Å². The standard InChI is InChI=1S/C19H20N2O2.C19H22N2O.C19H19NO3/c1-20-19(22)12-17(13-5-7-16(23-2)8-6-13)15-4-3-14-9-10-21-18(14)11-15;1-20-11-10-18(14-5-7-17(22-2)8-6-14)16-4-3-15-9-12-21-19(15)13-16;1-22-16-7-5-13(6-8-16)17(12-19(21)23-2)15-4-3-14-9-10-20-18(14)11-15/h3-11,17,21H,12H2,1-2H3,(H,20,22);3-9,12-13,18,20-21H,10-11H2,1-2H3;3-11,17,20H,12H2,1-2H3. The molecule has 3 unspecified atom stereocenters. The molecule has 0 aliphatic carbocycles. The first kappa shape index (κ1) is 48.2. The normalized spacial score (nSPS) is 12.2. The van der Waals surface area contributed by atoms with Gasteiger partial charge in [-0.05, 0) is 142 Å². The molecule has 11 nitrogen and oxygen atoms in total. The van der Waals surface area contributed by atoms with Crippen LogP contribution in [0.4, 0.5) is 0 Å². The highest BCUT2D eigenvalue weighted by Crippen LogP contribution is 2.34. The molecular formula is C57H61N5O6. The van der Waals surface area contributed by atoms with Crippen LogP contribution in [0, 0.1) is 0 Å². The van der Waals surface area contributed by atoms with E-state index in [0.717, 1.165) is 68.9 Å². The van der Waals surface area contributed by atoms with Gasteiger partial charge >= 0.3 is 5.97 Å². The molecule has 3 aromatic heterocycles. The maximum absolute atomic E-state index is 12.0. The van der Waals surface area contributed by atoms with Crippen molar-refractivity contribution in [1.29, 1.82) is 0 Å². The molecule has 0 aliphatic rings. The fourth-order valence-electron chi connectivity index (χ4n) is 8.56. The number of aromatic amines is 3. The van der Waals surface area contributed by atoms with Crippen molar-refractivity contribution in [2.45, 2.75) is 37.0 Å². The third-order valence-corrected chi connectivity index (χ3v) is 12.4. The van der Waals surface area contributed by atoms with Gasteiger partial charge in [0.15, 0.2) is 0 Å². The van der Waals surface area contributed by atoms with Crippen LogP contribution in [0.2, 0.25) is 0 Å². The first-order valence-corrected chi connectivity index (χ1v) is 22.8. The van der Waals surface area contributed by atoms with Crippen molar-refractivity contribution < 1.29 is 28.5 Å². The van der Waals surface area contributed by atoms with E-state index in [1.165, 1.54) is 34.5 Å². The topological polar surface area (TPSA) is 142 Å². The third kappa shape index (κ3) is 12.2. The zero-order valence-corrected chi connectivity index (χ0v) is 39.6. The molecule has 5 N–H and O–H groups in total. The van der Waals surface area contributed by atoms with Crippen LogP contribution in [0.3, 0.4) is 0 Å². The minimum absolute atomic E-state index is 0.00792. The fraction of sp³-hybridized carbons (Fsp3) is 0.228. The molecule has 68 heavy (non-hydrogen) atoms. The van der Waals surface area contributed by atoms with Gasteiger partial charge in [0.1, 0.15) is 17.2 Å². The number of benzene rings is 6. The second-order valence-electron chi connectivity index (χ2n) is 16.5. The van der Waals surface area contributed by atoms with E-state index in [-0.39, 0.29) is 23.7 Å². The highest BCUT2D eigenvalue weighted by atomic mass is 16.5. The second kappa shape index (κ2) is 23.6. The van der Waals surface area contributed by atoms with Gasteiger partial charge in [-0.2, -0.15) is 0 Å². The van der Waals surface area contributed by atoms with Crippen molar-refractivity contribution in [3.05, 3.63) is 198 Å². The number of fused-ring (bicyclic) bond motifs is 3. The Morgan fingerprint density at radius 3 is 1.16 bits per heavy atom. The average molecular weight is 912 g/mol. The number of carbonyl (C=O) groups excluding carboxylic acids is 2. The first-order valence-electron chi connectivity index (χ1n) is 22.8. The van der Waals surface area contributed by atoms with Crippen LogP contribution < -0.4 is 24.8 Å². The van der Waals surface area contributed by atoms with E-state index < -0.39 is 0 Å². The van der Waals surface area contributed by atoms with Crippen molar-refractivity contribution in [3.8, 4) is 17.2 Å². The lowest BCUT2D eigenvalue weighted by molar-refractivity contribution is -0.140. The van der Waals surface area contributed by atoms with Crippen LogP contribution in [-0.2, 0) is 14.3 Å². The van der Waals surface area contributed by atoms with Crippen LogP contribution in [0.1, 0.15) is 70.4 Å². The summed E-state index contributed by atoms with van der Waals surface area (Å²) in [6, 6.07) is 49.5. The molecule has 9 rings (SSSR count). The monoisotopic (exact) mass is 911 g/mol. The molecule has 350 valence electrons. The number of H-pyrrole nitrogens is 3. The molecule has 6 aromatic carbocycles. The molecule has 1 amide bonds.